The molecule has 0 aromatic heterocycles. The maximum absolute atomic E-state index is 13.4. The van der Waals surface area contributed by atoms with Crippen molar-refractivity contribution < 1.29 is 52.8 Å². The molecule has 10 atom stereocenters. The average Bonchev–Trinajstić information content (AvgIpc) is 3.48. The van der Waals surface area contributed by atoms with Crippen molar-refractivity contribution in [2.45, 2.75) is 91.5 Å². The molecule has 0 aromatic carbocycles. The molecule has 11 nitrogen and oxygen atoms in total. The third-order valence-corrected chi connectivity index (χ3v) is 11.1. The number of allylic oxidation sites excluding steroid dienone is 2. The molecule has 1 unspecified atom stereocenters. The summed E-state index contributed by atoms with van der Waals surface area (Å²) in [5, 5.41) is 10.7. The van der Waals surface area contributed by atoms with Crippen LogP contribution in [0.3, 0.4) is 0 Å². The van der Waals surface area contributed by atoms with E-state index in [-0.39, 0.29) is 12.2 Å². The van der Waals surface area contributed by atoms with Crippen LogP contribution < -0.4 is 0 Å². The van der Waals surface area contributed by atoms with Gasteiger partial charge in [0.15, 0.2) is 5.78 Å². The molecule has 1 N–H and O–H groups in total. The number of methoxy groups -OCH3 is 1. The lowest BCUT2D eigenvalue weighted by Crippen LogP contribution is -2.67. The van der Waals surface area contributed by atoms with E-state index in [4.69, 9.17) is 23.7 Å². The molecule has 0 amide bonds. The summed E-state index contributed by atoms with van der Waals surface area (Å²) in [6.45, 7) is 16.4. The van der Waals surface area contributed by atoms with E-state index in [2.05, 4.69) is 6.58 Å². The predicted octanol–water partition coefficient (Wildman–Crippen LogP) is 2.99. The first kappa shape index (κ1) is 32.1. The van der Waals surface area contributed by atoms with E-state index >= 15 is 0 Å². The predicted molar refractivity (Wildman–Crippen MR) is 153 cm³/mol. The monoisotopic (exact) mass is 614 g/mol. The van der Waals surface area contributed by atoms with Crippen LogP contribution in [-0.4, -0.2) is 72.1 Å². The molecule has 0 bridgehead atoms. The first-order valence-electron chi connectivity index (χ1n) is 15.0. The van der Waals surface area contributed by atoms with Crippen molar-refractivity contribution in [3.8, 4) is 0 Å². The molecule has 5 rings (SSSR count). The van der Waals surface area contributed by atoms with Gasteiger partial charge in [-0.15, -0.1) is 0 Å². The van der Waals surface area contributed by atoms with Crippen LogP contribution >= 0.6 is 0 Å². The zero-order chi connectivity index (χ0) is 32.7. The molecule has 3 fully saturated rings. The molecule has 1 saturated heterocycles. The maximum Gasteiger partial charge on any atom is 0.333 e. The number of epoxide rings is 1. The molecule has 44 heavy (non-hydrogen) atoms. The molecule has 2 heterocycles. The number of cyclic esters (lactones) is 1. The quantitative estimate of drug-likeness (QED) is 0.195. The number of hydrogen-bond acceptors (Lipinski definition) is 11. The highest BCUT2D eigenvalue weighted by molar-refractivity contribution is 5.96. The summed E-state index contributed by atoms with van der Waals surface area (Å²) in [6.07, 6.45) is 0.528. The minimum Gasteiger partial charge on any atom is -0.469 e. The number of rotatable bonds is 7. The number of carbonyl (C=O) groups excluding carboxylic acids is 5. The van der Waals surface area contributed by atoms with Gasteiger partial charge in [0.1, 0.15) is 17.8 Å². The molecule has 11 heteroatoms. The Kier molecular flexibility index (Phi) is 7.56. The third kappa shape index (κ3) is 4.33. The Balaban J connectivity index is 1.74. The van der Waals surface area contributed by atoms with Crippen molar-refractivity contribution in [1.82, 2.24) is 0 Å². The molecule has 2 aliphatic heterocycles. The SMILES string of the molecule is C=C1[C@@H]([C@@]2(C)C=CC(=O)C(C)(C)[C@@H]2CC(=O)OC)[C@@H](OC(C)=O)[C@H](OC(=O)C(C)C)[C@@]2(C)[C@H](C3=CC(=O)OC3O)C[C@H]3O[C@]132. The van der Waals surface area contributed by atoms with Gasteiger partial charge in [0.05, 0.1) is 31.0 Å². The molecule has 3 aliphatic carbocycles. The lowest BCUT2D eigenvalue weighted by atomic mass is 9.46. The molecule has 0 radical (unpaired) electrons. The third-order valence-electron chi connectivity index (χ3n) is 11.1. The van der Waals surface area contributed by atoms with Crippen molar-refractivity contribution in [3.63, 3.8) is 0 Å². The lowest BCUT2D eigenvalue weighted by molar-refractivity contribution is -0.213. The maximum atomic E-state index is 13.4. The average molecular weight is 615 g/mol. The second kappa shape index (κ2) is 10.4. The van der Waals surface area contributed by atoms with Crippen molar-refractivity contribution in [1.29, 1.82) is 0 Å². The van der Waals surface area contributed by atoms with E-state index in [1.807, 2.05) is 13.8 Å². The molecule has 0 aromatic rings. The van der Waals surface area contributed by atoms with Gasteiger partial charge in [-0.05, 0) is 24.0 Å². The van der Waals surface area contributed by atoms with Crippen LogP contribution in [-0.2, 0) is 47.7 Å². The number of carbonyl (C=O) groups is 5. The van der Waals surface area contributed by atoms with Gasteiger partial charge in [0, 0.05) is 41.2 Å². The fraction of sp³-hybridized carbons (Fsp3) is 0.667. The van der Waals surface area contributed by atoms with Gasteiger partial charge in [-0.3, -0.25) is 19.2 Å². The first-order valence-corrected chi connectivity index (χ1v) is 15.0. The Morgan fingerprint density at radius 1 is 1.14 bits per heavy atom. The van der Waals surface area contributed by atoms with Crippen LogP contribution in [0.1, 0.15) is 61.3 Å². The van der Waals surface area contributed by atoms with Crippen LogP contribution in [0.5, 0.6) is 0 Å². The fourth-order valence-electron chi connectivity index (χ4n) is 8.84. The summed E-state index contributed by atoms with van der Waals surface area (Å²) < 4.78 is 29.0. The molecule has 5 aliphatic rings. The Hall–Kier alpha value is -3.31. The first-order chi connectivity index (χ1) is 20.4. The summed E-state index contributed by atoms with van der Waals surface area (Å²) in [5.74, 6) is -5.09. The van der Waals surface area contributed by atoms with Crippen LogP contribution in [0.2, 0.25) is 0 Å². The topological polar surface area (TPSA) is 155 Å². The molecule has 1 spiro atoms. The number of esters is 4. The Labute approximate surface area is 256 Å². The van der Waals surface area contributed by atoms with Gasteiger partial charge in [-0.2, -0.15) is 0 Å². The largest absolute Gasteiger partial charge is 0.469 e. The lowest BCUT2D eigenvalue weighted by Gasteiger charge is -2.59. The second-order valence-electron chi connectivity index (χ2n) is 14.1. The van der Waals surface area contributed by atoms with E-state index in [0.717, 1.165) is 0 Å². The van der Waals surface area contributed by atoms with Gasteiger partial charge >= 0.3 is 23.9 Å². The fourth-order valence-corrected chi connectivity index (χ4v) is 8.84. The van der Waals surface area contributed by atoms with Gasteiger partial charge in [-0.25, -0.2) is 4.79 Å². The Morgan fingerprint density at radius 2 is 1.80 bits per heavy atom. The minimum atomic E-state index is -1.49. The second-order valence-corrected chi connectivity index (χ2v) is 14.1. The number of ketones is 1. The molecule has 240 valence electrons. The van der Waals surface area contributed by atoms with Crippen LogP contribution in [0.25, 0.3) is 0 Å². The van der Waals surface area contributed by atoms with Gasteiger partial charge in [-0.1, -0.05) is 54.2 Å². The summed E-state index contributed by atoms with van der Waals surface area (Å²) in [4.78, 5) is 64.5. The Morgan fingerprint density at radius 3 is 2.34 bits per heavy atom. The van der Waals surface area contributed by atoms with E-state index in [1.54, 1.807) is 33.8 Å². The van der Waals surface area contributed by atoms with Gasteiger partial charge < -0.3 is 28.8 Å². The Bertz CT molecular complexity index is 1390. The smallest absolute Gasteiger partial charge is 0.333 e. The van der Waals surface area contributed by atoms with E-state index in [1.165, 1.54) is 26.2 Å². The van der Waals surface area contributed by atoms with Crippen LogP contribution in [0.4, 0.5) is 0 Å². The van der Waals surface area contributed by atoms with Crippen molar-refractivity contribution >= 4 is 29.7 Å². The standard InChI is InChI=1S/C33H42O11/c1-15(2)28(38)43-27-26(41-17(4)34)25(31(7)11-10-21(35)30(5,6)20(31)14-23(36)40-9)16(3)33-22(44-33)13-19(32(27,33)8)18-12-24(37)42-29(18)39/h10-12,15,19-20,22,25-27,29,39H,3,13-14H2,1-2,4-9H3/t19-,20-,22+,25+,26+,27-,29?,31-,32+,33+/m0/s1. The normalized spacial score (nSPS) is 41.8. The van der Waals surface area contributed by atoms with Crippen molar-refractivity contribution in [2.24, 2.45) is 39.9 Å². The number of aliphatic hydroxyl groups is 1. The zero-order valence-corrected chi connectivity index (χ0v) is 26.5. The van der Waals surface area contributed by atoms with Gasteiger partial charge in [0.2, 0.25) is 6.29 Å². The molecule has 2 saturated carbocycles. The highest BCUT2D eigenvalue weighted by atomic mass is 16.6. The van der Waals surface area contributed by atoms with Crippen LogP contribution in [0.15, 0.2) is 36.0 Å². The number of aliphatic hydroxyl groups excluding tert-OH is 1. The molecular weight excluding hydrogens is 572 g/mol. The summed E-state index contributed by atoms with van der Waals surface area (Å²) in [5.41, 5.74) is -3.45. The number of hydrogen-bond donors (Lipinski definition) is 1. The summed E-state index contributed by atoms with van der Waals surface area (Å²) >= 11 is 0. The number of ether oxygens (including phenoxy) is 5. The summed E-state index contributed by atoms with van der Waals surface area (Å²) in [6, 6.07) is 0. The highest BCUT2D eigenvalue weighted by Gasteiger charge is 2.84. The van der Waals surface area contributed by atoms with Crippen LogP contribution in [0, 0.1) is 39.9 Å². The molecular formula is C33H42O11. The summed E-state index contributed by atoms with van der Waals surface area (Å²) in [7, 11) is 1.28. The van der Waals surface area contributed by atoms with E-state index in [9.17, 15) is 29.1 Å². The van der Waals surface area contributed by atoms with E-state index in [0.29, 0.717) is 17.6 Å². The highest BCUT2D eigenvalue weighted by Crippen LogP contribution is 2.76. The van der Waals surface area contributed by atoms with Crippen molar-refractivity contribution in [3.05, 3.63) is 36.0 Å². The van der Waals surface area contributed by atoms with Gasteiger partial charge in [0.25, 0.3) is 0 Å². The zero-order valence-electron chi connectivity index (χ0n) is 26.5. The van der Waals surface area contributed by atoms with E-state index < -0.39 is 94.0 Å². The minimum absolute atomic E-state index is 0.112. The van der Waals surface area contributed by atoms with Crippen molar-refractivity contribution in [2.75, 3.05) is 7.11 Å².